The van der Waals surface area contributed by atoms with Gasteiger partial charge in [-0.25, -0.2) is 4.79 Å². The highest BCUT2D eigenvalue weighted by Crippen LogP contribution is 2.19. The topological polar surface area (TPSA) is 97.0 Å². The van der Waals surface area contributed by atoms with E-state index in [1.165, 1.54) is 0 Å². The van der Waals surface area contributed by atoms with E-state index >= 15 is 0 Å². The van der Waals surface area contributed by atoms with Crippen molar-refractivity contribution in [3.63, 3.8) is 0 Å². The maximum Gasteiger partial charge on any atom is 0.407 e. The third kappa shape index (κ3) is 6.36. The molecule has 0 unspecified atom stereocenters. The molecule has 1 saturated heterocycles. The molecule has 2 rings (SSSR count). The van der Waals surface area contributed by atoms with Crippen molar-refractivity contribution in [1.29, 1.82) is 0 Å². The van der Waals surface area contributed by atoms with Crippen LogP contribution in [0.3, 0.4) is 0 Å². The second-order valence-electron chi connectivity index (χ2n) is 6.87. The molecule has 0 aliphatic carbocycles. The molecule has 0 spiro atoms. The molecule has 1 aromatic rings. The smallest absolute Gasteiger partial charge is 0.407 e. The fourth-order valence-electron chi connectivity index (χ4n) is 2.33. The molecule has 8 heteroatoms. The number of carbonyl (C=O) groups is 3. The van der Waals surface area contributed by atoms with Gasteiger partial charge in [-0.2, -0.15) is 0 Å². The van der Waals surface area contributed by atoms with E-state index in [2.05, 4.69) is 10.6 Å². The van der Waals surface area contributed by atoms with E-state index in [1.54, 1.807) is 49.9 Å². The second kappa shape index (κ2) is 8.66. The molecule has 1 aliphatic rings. The van der Waals surface area contributed by atoms with Gasteiger partial charge in [0.05, 0.1) is 6.61 Å². The van der Waals surface area contributed by atoms with Crippen LogP contribution in [0.25, 0.3) is 0 Å². The van der Waals surface area contributed by atoms with Gasteiger partial charge in [-0.15, -0.1) is 0 Å². The van der Waals surface area contributed by atoms with Crippen LogP contribution < -0.4 is 15.5 Å². The highest BCUT2D eigenvalue weighted by molar-refractivity contribution is 5.95. The van der Waals surface area contributed by atoms with Gasteiger partial charge in [0.1, 0.15) is 12.2 Å². The van der Waals surface area contributed by atoms with Crippen LogP contribution >= 0.6 is 0 Å². The minimum Gasteiger partial charge on any atom is -0.444 e. The molecule has 1 fully saturated rings. The quantitative estimate of drug-likeness (QED) is 0.833. The molecule has 2 N–H and O–H groups in total. The number of rotatable bonds is 5. The van der Waals surface area contributed by atoms with Crippen LogP contribution in [0.2, 0.25) is 0 Å². The van der Waals surface area contributed by atoms with E-state index in [4.69, 9.17) is 9.47 Å². The molecule has 0 radical (unpaired) electrons. The molecule has 1 aromatic carbocycles. The molecule has 0 aromatic heterocycles. The third-order valence-electron chi connectivity index (χ3n) is 3.47. The van der Waals surface area contributed by atoms with Gasteiger partial charge in [0.25, 0.3) is 5.91 Å². The van der Waals surface area contributed by atoms with E-state index in [1.807, 2.05) is 0 Å². The Morgan fingerprint density at radius 2 is 1.92 bits per heavy atom. The first kappa shape index (κ1) is 19.7. The van der Waals surface area contributed by atoms with E-state index in [9.17, 15) is 14.4 Å². The molecule has 1 aliphatic heterocycles. The van der Waals surface area contributed by atoms with Gasteiger partial charge in [0.2, 0.25) is 5.91 Å². The average molecular weight is 363 g/mol. The van der Waals surface area contributed by atoms with Crippen molar-refractivity contribution in [3.05, 3.63) is 24.3 Å². The van der Waals surface area contributed by atoms with Gasteiger partial charge in [-0.3, -0.25) is 9.59 Å². The summed E-state index contributed by atoms with van der Waals surface area (Å²) in [4.78, 5) is 36.9. The number of nitrogens with zero attached hydrogens (tertiary/aromatic N) is 1. The summed E-state index contributed by atoms with van der Waals surface area (Å²) >= 11 is 0. The highest BCUT2D eigenvalue weighted by Gasteiger charge is 2.20. The fourth-order valence-corrected chi connectivity index (χ4v) is 2.33. The summed E-state index contributed by atoms with van der Waals surface area (Å²) in [5.41, 5.74) is 0.815. The molecule has 26 heavy (non-hydrogen) atoms. The molecule has 0 bridgehead atoms. The molecule has 142 valence electrons. The summed E-state index contributed by atoms with van der Waals surface area (Å²) in [6, 6.07) is 7.02. The Morgan fingerprint density at radius 3 is 2.54 bits per heavy atom. The largest absolute Gasteiger partial charge is 0.444 e. The van der Waals surface area contributed by atoms with Crippen molar-refractivity contribution in [1.82, 2.24) is 5.32 Å². The molecule has 0 atom stereocenters. The Bertz CT molecular complexity index is 652. The number of benzene rings is 1. The highest BCUT2D eigenvalue weighted by atomic mass is 16.6. The molecule has 3 amide bonds. The molecule has 1 heterocycles. The van der Waals surface area contributed by atoms with Gasteiger partial charge >= 0.3 is 6.09 Å². The predicted octanol–water partition coefficient (Wildman–Crippen LogP) is 1.90. The van der Waals surface area contributed by atoms with Crippen molar-refractivity contribution >= 4 is 29.3 Å². The van der Waals surface area contributed by atoms with Crippen LogP contribution in [-0.4, -0.2) is 49.8 Å². The number of hydrogen-bond donors (Lipinski definition) is 2. The first-order chi connectivity index (χ1) is 12.2. The maximum absolute atomic E-state index is 11.9. The molecule has 0 saturated carbocycles. The molecular formula is C18H25N3O5. The molecule has 8 nitrogen and oxygen atoms in total. The standard InChI is InChI=1S/C18H25N3O5/c1-18(2,3)26-17(24)19-9-8-15(22)20-13-4-6-14(7-5-13)21-10-11-25-12-16(21)23/h4-7H,8-12H2,1-3H3,(H,19,24)(H,20,22). The van der Waals surface area contributed by atoms with Crippen LogP contribution in [0.15, 0.2) is 24.3 Å². The number of carbonyl (C=O) groups excluding carboxylic acids is 3. The van der Waals surface area contributed by atoms with Gasteiger partial charge < -0.3 is 25.0 Å². The van der Waals surface area contributed by atoms with Gasteiger partial charge in [0, 0.05) is 30.9 Å². The van der Waals surface area contributed by atoms with Crippen molar-refractivity contribution in [3.8, 4) is 0 Å². The number of alkyl carbamates (subject to hydrolysis) is 1. The van der Waals surface area contributed by atoms with Crippen LogP contribution in [0, 0.1) is 0 Å². The van der Waals surface area contributed by atoms with Crippen molar-refractivity contribution in [2.24, 2.45) is 0 Å². The number of amides is 3. The monoisotopic (exact) mass is 363 g/mol. The summed E-state index contributed by atoms with van der Waals surface area (Å²) < 4.78 is 10.2. The van der Waals surface area contributed by atoms with E-state index < -0.39 is 11.7 Å². The van der Waals surface area contributed by atoms with E-state index in [0.717, 1.165) is 5.69 Å². The zero-order chi connectivity index (χ0) is 19.2. The summed E-state index contributed by atoms with van der Waals surface area (Å²) in [6.07, 6.45) is -0.423. The maximum atomic E-state index is 11.9. The summed E-state index contributed by atoms with van der Waals surface area (Å²) in [5.74, 6) is -0.308. The van der Waals surface area contributed by atoms with Crippen molar-refractivity contribution < 1.29 is 23.9 Å². The van der Waals surface area contributed by atoms with Gasteiger partial charge in [0.15, 0.2) is 0 Å². The Balaban J connectivity index is 1.77. The Hall–Kier alpha value is -2.61. The van der Waals surface area contributed by atoms with Gasteiger partial charge in [-0.05, 0) is 45.0 Å². The van der Waals surface area contributed by atoms with Crippen molar-refractivity contribution in [2.45, 2.75) is 32.8 Å². The predicted molar refractivity (Wildman–Crippen MR) is 97.1 cm³/mol. The van der Waals surface area contributed by atoms with Crippen LogP contribution in [-0.2, 0) is 19.1 Å². The fraction of sp³-hybridized carbons (Fsp3) is 0.500. The summed E-state index contributed by atoms with van der Waals surface area (Å²) in [5, 5.41) is 5.28. The van der Waals surface area contributed by atoms with Gasteiger partial charge in [-0.1, -0.05) is 0 Å². The number of ether oxygens (including phenoxy) is 2. The average Bonchev–Trinajstić information content (AvgIpc) is 2.54. The normalized spacial score (nSPS) is 14.7. The summed E-state index contributed by atoms with van der Waals surface area (Å²) in [7, 11) is 0. The van der Waals surface area contributed by atoms with Crippen molar-refractivity contribution in [2.75, 3.05) is 36.5 Å². The summed E-state index contributed by atoms with van der Waals surface area (Å²) in [6.45, 7) is 6.61. The number of morpholine rings is 1. The lowest BCUT2D eigenvalue weighted by Gasteiger charge is -2.26. The first-order valence-corrected chi connectivity index (χ1v) is 8.49. The third-order valence-corrected chi connectivity index (χ3v) is 3.47. The minimum atomic E-state index is -0.573. The Kier molecular flexibility index (Phi) is 6.57. The van der Waals surface area contributed by atoms with Crippen LogP contribution in [0.4, 0.5) is 16.2 Å². The van der Waals surface area contributed by atoms with Crippen LogP contribution in [0.5, 0.6) is 0 Å². The van der Waals surface area contributed by atoms with Crippen LogP contribution in [0.1, 0.15) is 27.2 Å². The second-order valence-corrected chi connectivity index (χ2v) is 6.87. The van der Waals surface area contributed by atoms with E-state index in [-0.39, 0.29) is 31.4 Å². The molecular weight excluding hydrogens is 338 g/mol. The minimum absolute atomic E-state index is 0.0822. The van der Waals surface area contributed by atoms with E-state index in [0.29, 0.717) is 18.8 Å². The lowest BCUT2D eigenvalue weighted by atomic mass is 10.2. The first-order valence-electron chi connectivity index (χ1n) is 8.49. The number of anilines is 2. The zero-order valence-corrected chi connectivity index (χ0v) is 15.3. The lowest BCUT2D eigenvalue weighted by molar-refractivity contribution is -0.125. The Labute approximate surface area is 152 Å². The number of nitrogens with one attached hydrogen (secondary N) is 2. The number of hydrogen-bond acceptors (Lipinski definition) is 5. The SMILES string of the molecule is CC(C)(C)OC(=O)NCCC(=O)Nc1ccc(N2CCOCC2=O)cc1. The Morgan fingerprint density at radius 1 is 1.23 bits per heavy atom. The zero-order valence-electron chi connectivity index (χ0n) is 15.3. The lowest BCUT2D eigenvalue weighted by Crippen LogP contribution is -2.41.